The van der Waals surface area contributed by atoms with Gasteiger partial charge in [0, 0.05) is 15.2 Å². The molecule has 1 saturated carbocycles. The maximum absolute atomic E-state index is 6.18. The van der Waals surface area contributed by atoms with Crippen LogP contribution in [0, 0.1) is 0 Å². The molecule has 0 bridgehead atoms. The molecule has 0 saturated heterocycles. The van der Waals surface area contributed by atoms with Crippen LogP contribution in [0.2, 0.25) is 5.02 Å². The van der Waals surface area contributed by atoms with Crippen molar-refractivity contribution in [2.45, 2.75) is 37.8 Å². The molecule has 112 valence electrons. The Hall–Kier alpha value is -1.27. The molecule has 1 spiro atoms. The van der Waals surface area contributed by atoms with E-state index in [4.69, 9.17) is 23.1 Å². The van der Waals surface area contributed by atoms with E-state index in [0.717, 1.165) is 35.8 Å². The number of benzene rings is 1. The van der Waals surface area contributed by atoms with Gasteiger partial charge in [-0.2, -0.15) is 4.99 Å². The smallest absolute Gasteiger partial charge is 0.220 e. The molecule has 5 nitrogen and oxygen atoms in total. The fourth-order valence-electron chi connectivity index (χ4n) is 3.16. The standard InChI is InChI=1S/C14H17BrClN5/c15-9-6-10(16)8-11(7-9)21-13(18)19-12(17)20-14(21)4-2-1-3-5-14/h6-8H,1-5H2,(H4,17,18,19,20). The Balaban J connectivity index is 2.10. The van der Waals surface area contributed by atoms with Crippen molar-refractivity contribution in [3.05, 3.63) is 27.7 Å². The summed E-state index contributed by atoms with van der Waals surface area (Å²) in [6.07, 6.45) is 5.23. The number of hydrogen-bond donors (Lipinski definition) is 2. The minimum Gasteiger partial charge on any atom is -0.369 e. The molecule has 7 heteroatoms. The third-order valence-electron chi connectivity index (χ3n) is 3.96. The molecule has 0 atom stereocenters. The van der Waals surface area contributed by atoms with Crippen LogP contribution in [0.15, 0.2) is 32.7 Å². The van der Waals surface area contributed by atoms with E-state index in [9.17, 15) is 0 Å². The third kappa shape index (κ3) is 2.74. The number of nitrogens with two attached hydrogens (primary N) is 2. The lowest BCUT2D eigenvalue weighted by atomic mass is 9.87. The van der Waals surface area contributed by atoms with Gasteiger partial charge in [0.25, 0.3) is 0 Å². The molecule has 1 aliphatic carbocycles. The Labute approximate surface area is 137 Å². The number of nitrogens with zero attached hydrogens (tertiary/aromatic N) is 3. The summed E-state index contributed by atoms with van der Waals surface area (Å²) in [5.41, 5.74) is 12.5. The Morgan fingerprint density at radius 1 is 1.14 bits per heavy atom. The summed E-state index contributed by atoms with van der Waals surface area (Å²) in [5.74, 6) is 0.630. The van der Waals surface area contributed by atoms with Crippen molar-refractivity contribution in [3.8, 4) is 0 Å². The molecule has 1 aliphatic heterocycles. The maximum Gasteiger partial charge on any atom is 0.220 e. The quantitative estimate of drug-likeness (QED) is 0.796. The van der Waals surface area contributed by atoms with Crippen LogP contribution in [0.1, 0.15) is 32.1 Å². The fraction of sp³-hybridized carbons (Fsp3) is 0.429. The van der Waals surface area contributed by atoms with Crippen LogP contribution in [-0.2, 0) is 0 Å². The summed E-state index contributed by atoms with van der Waals surface area (Å²) < 4.78 is 0.895. The molecule has 0 radical (unpaired) electrons. The Morgan fingerprint density at radius 3 is 2.52 bits per heavy atom. The fourth-order valence-corrected chi connectivity index (χ4v) is 4.01. The van der Waals surface area contributed by atoms with E-state index in [1.165, 1.54) is 6.42 Å². The summed E-state index contributed by atoms with van der Waals surface area (Å²) in [6.45, 7) is 0. The second-order valence-electron chi connectivity index (χ2n) is 5.45. The van der Waals surface area contributed by atoms with E-state index in [-0.39, 0.29) is 5.96 Å². The minimum absolute atomic E-state index is 0.256. The highest BCUT2D eigenvalue weighted by Gasteiger charge is 2.42. The van der Waals surface area contributed by atoms with Gasteiger partial charge in [-0.1, -0.05) is 34.0 Å². The molecule has 0 unspecified atom stereocenters. The second-order valence-corrected chi connectivity index (χ2v) is 6.80. The van der Waals surface area contributed by atoms with Crippen molar-refractivity contribution in [2.24, 2.45) is 21.5 Å². The largest absolute Gasteiger partial charge is 0.369 e. The summed E-state index contributed by atoms with van der Waals surface area (Å²) in [7, 11) is 0. The van der Waals surface area contributed by atoms with E-state index in [2.05, 4.69) is 25.9 Å². The van der Waals surface area contributed by atoms with E-state index < -0.39 is 5.66 Å². The third-order valence-corrected chi connectivity index (χ3v) is 4.63. The molecule has 1 aromatic rings. The van der Waals surface area contributed by atoms with Crippen LogP contribution < -0.4 is 16.4 Å². The van der Waals surface area contributed by atoms with Gasteiger partial charge in [0.1, 0.15) is 5.66 Å². The molecule has 1 aromatic carbocycles. The predicted molar refractivity (Wildman–Crippen MR) is 90.7 cm³/mol. The second kappa shape index (κ2) is 5.50. The first-order valence-corrected chi connectivity index (χ1v) is 8.13. The number of halogens is 2. The number of rotatable bonds is 1. The number of anilines is 1. The zero-order chi connectivity index (χ0) is 15.0. The lowest BCUT2D eigenvalue weighted by molar-refractivity contribution is 0.305. The Bertz CT molecular complexity index is 602. The first-order chi connectivity index (χ1) is 10.00. The van der Waals surface area contributed by atoms with Gasteiger partial charge in [-0.05, 0) is 43.9 Å². The summed E-state index contributed by atoms with van der Waals surface area (Å²) >= 11 is 9.65. The summed E-state index contributed by atoms with van der Waals surface area (Å²) in [4.78, 5) is 10.7. The highest BCUT2D eigenvalue weighted by molar-refractivity contribution is 9.10. The number of guanidine groups is 2. The highest BCUT2D eigenvalue weighted by Crippen LogP contribution is 2.40. The highest BCUT2D eigenvalue weighted by atomic mass is 79.9. The van der Waals surface area contributed by atoms with Crippen molar-refractivity contribution in [1.82, 2.24) is 0 Å². The molecule has 1 fully saturated rings. The van der Waals surface area contributed by atoms with Gasteiger partial charge in [-0.25, -0.2) is 4.99 Å². The average molecular weight is 371 g/mol. The summed E-state index contributed by atoms with van der Waals surface area (Å²) in [6, 6.07) is 5.69. The minimum atomic E-state index is -0.432. The molecule has 21 heavy (non-hydrogen) atoms. The van der Waals surface area contributed by atoms with E-state index in [1.54, 1.807) is 0 Å². The zero-order valence-corrected chi connectivity index (χ0v) is 13.9. The van der Waals surface area contributed by atoms with Crippen molar-refractivity contribution < 1.29 is 0 Å². The monoisotopic (exact) mass is 369 g/mol. The van der Waals surface area contributed by atoms with E-state index in [1.807, 2.05) is 23.1 Å². The Morgan fingerprint density at radius 2 is 1.86 bits per heavy atom. The van der Waals surface area contributed by atoms with Crippen molar-refractivity contribution in [3.63, 3.8) is 0 Å². The normalized spacial score (nSPS) is 21.1. The number of aliphatic imine (C=N–C) groups is 2. The molecule has 0 amide bonds. The topological polar surface area (TPSA) is 80.0 Å². The number of hydrogen-bond acceptors (Lipinski definition) is 5. The average Bonchev–Trinajstić information content (AvgIpc) is 2.37. The predicted octanol–water partition coefficient (Wildman–Crippen LogP) is 3.21. The van der Waals surface area contributed by atoms with Gasteiger partial charge in [0.15, 0.2) is 0 Å². The SMILES string of the molecule is NC1=NC2(CCCCC2)N(c2cc(Cl)cc(Br)c2)C(N)=N1. The van der Waals surface area contributed by atoms with Crippen LogP contribution in [0.3, 0.4) is 0 Å². The molecular formula is C14H17BrClN5. The first kappa shape index (κ1) is 14.7. The van der Waals surface area contributed by atoms with Crippen LogP contribution >= 0.6 is 27.5 Å². The van der Waals surface area contributed by atoms with Gasteiger partial charge in [0.05, 0.1) is 0 Å². The van der Waals surface area contributed by atoms with Gasteiger partial charge < -0.3 is 11.5 Å². The van der Waals surface area contributed by atoms with Crippen LogP contribution in [0.5, 0.6) is 0 Å². The lowest BCUT2D eigenvalue weighted by Gasteiger charge is -2.45. The first-order valence-electron chi connectivity index (χ1n) is 6.96. The molecule has 2 aliphatic rings. The van der Waals surface area contributed by atoms with Crippen LogP contribution in [0.25, 0.3) is 0 Å². The van der Waals surface area contributed by atoms with Gasteiger partial charge in [-0.15, -0.1) is 0 Å². The van der Waals surface area contributed by atoms with Gasteiger partial charge >= 0.3 is 0 Å². The van der Waals surface area contributed by atoms with Crippen molar-refractivity contribution in [2.75, 3.05) is 4.90 Å². The molecule has 0 aromatic heterocycles. The van der Waals surface area contributed by atoms with E-state index >= 15 is 0 Å². The maximum atomic E-state index is 6.18. The molecule has 4 N–H and O–H groups in total. The van der Waals surface area contributed by atoms with E-state index in [0.29, 0.717) is 11.0 Å². The van der Waals surface area contributed by atoms with Crippen LogP contribution in [0.4, 0.5) is 5.69 Å². The van der Waals surface area contributed by atoms with Gasteiger partial charge in [0.2, 0.25) is 11.9 Å². The molecule has 1 heterocycles. The van der Waals surface area contributed by atoms with Gasteiger partial charge in [-0.3, -0.25) is 4.90 Å². The lowest BCUT2D eigenvalue weighted by Crippen LogP contribution is -2.58. The molecular weight excluding hydrogens is 354 g/mol. The Kier molecular flexibility index (Phi) is 3.84. The van der Waals surface area contributed by atoms with Crippen molar-refractivity contribution >= 4 is 45.1 Å². The zero-order valence-electron chi connectivity index (χ0n) is 11.5. The summed E-state index contributed by atoms with van der Waals surface area (Å²) in [5, 5.41) is 0.639. The van der Waals surface area contributed by atoms with Crippen molar-refractivity contribution in [1.29, 1.82) is 0 Å². The molecule has 3 rings (SSSR count). The van der Waals surface area contributed by atoms with Crippen LogP contribution in [-0.4, -0.2) is 17.6 Å².